The van der Waals surface area contributed by atoms with E-state index in [1.807, 2.05) is 30.3 Å². The van der Waals surface area contributed by atoms with Crippen molar-refractivity contribution in [3.05, 3.63) is 71.3 Å². The molecular formula is C22H26F3N3O. The predicted octanol–water partition coefficient (Wildman–Crippen LogP) is 3.35. The quantitative estimate of drug-likeness (QED) is 0.801. The molecular weight excluding hydrogens is 379 g/mol. The van der Waals surface area contributed by atoms with Crippen LogP contribution in [0.4, 0.5) is 13.2 Å². The third kappa shape index (κ3) is 6.30. The van der Waals surface area contributed by atoms with Crippen LogP contribution in [-0.2, 0) is 17.4 Å². The van der Waals surface area contributed by atoms with Crippen molar-refractivity contribution >= 4 is 5.91 Å². The molecule has 1 fully saturated rings. The molecule has 29 heavy (non-hydrogen) atoms. The van der Waals surface area contributed by atoms with Crippen molar-refractivity contribution in [2.24, 2.45) is 0 Å². The first-order valence-corrected chi connectivity index (χ1v) is 9.72. The van der Waals surface area contributed by atoms with Gasteiger partial charge in [-0.15, -0.1) is 0 Å². The maximum absolute atomic E-state index is 12.7. The molecule has 7 heteroatoms. The number of nitrogens with zero attached hydrogens (tertiary/aromatic N) is 2. The van der Waals surface area contributed by atoms with Gasteiger partial charge in [-0.1, -0.05) is 42.5 Å². The minimum atomic E-state index is -4.37. The van der Waals surface area contributed by atoms with Gasteiger partial charge in [0, 0.05) is 32.7 Å². The fourth-order valence-electron chi connectivity index (χ4n) is 3.45. The van der Waals surface area contributed by atoms with E-state index < -0.39 is 11.7 Å². The van der Waals surface area contributed by atoms with Gasteiger partial charge in [-0.2, -0.15) is 13.2 Å². The van der Waals surface area contributed by atoms with E-state index in [1.165, 1.54) is 12.1 Å². The lowest BCUT2D eigenvalue weighted by atomic mass is 10.0. The van der Waals surface area contributed by atoms with E-state index in [4.69, 9.17) is 0 Å². The zero-order valence-electron chi connectivity index (χ0n) is 16.5. The van der Waals surface area contributed by atoms with Crippen LogP contribution in [-0.4, -0.2) is 55.5 Å². The van der Waals surface area contributed by atoms with E-state index in [0.29, 0.717) is 12.1 Å². The van der Waals surface area contributed by atoms with Crippen LogP contribution in [0.25, 0.3) is 0 Å². The minimum absolute atomic E-state index is 0.0458. The Balaban J connectivity index is 1.64. The molecule has 1 N–H and O–H groups in total. The van der Waals surface area contributed by atoms with Crippen LogP contribution in [0.15, 0.2) is 54.6 Å². The van der Waals surface area contributed by atoms with Crippen molar-refractivity contribution in [1.29, 1.82) is 0 Å². The van der Waals surface area contributed by atoms with Gasteiger partial charge in [0.05, 0.1) is 18.0 Å². The lowest BCUT2D eigenvalue weighted by molar-refractivity contribution is -0.137. The minimum Gasteiger partial charge on any atom is -0.348 e. The number of amides is 1. The lowest BCUT2D eigenvalue weighted by Gasteiger charge is -2.35. The average molecular weight is 405 g/mol. The van der Waals surface area contributed by atoms with Gasteiger partial charge in [-0.05, 0) is 30.3 Å². The smallest absolute Gasteiger partial charge is 0.348 e. The zero-order chi connectivity index (χ0) is 20.9. The first-order valence-electron chi connectivity index (χ1n) is 9.72. The van der Waals surface area contributed by atoms with Crippen molar-refractivity contribution < 1.29 is 18.0 Å². The van der Waals surface area contributed by atoms with Gasteiger partial charge in [0.2, 0.25) is 5.91 Å². The van der Waals surface area contributed by atoms with E-state index in [9.17, 15) is 18.0 Å². The highest BCUT2D eigenvalue weighted by Gasteiger charge is 2.30. The highest BCUT2D eigenvalue weighted by atomic mass is 19.4. The molecule has 1 unspecified atom stereocenters. The molecule has 0 saturated carbocycles. The fourth-order valence-corrected chi connectivity index (χ4v) is 3.45. The van der Waals surface area contributed by atoms with Crippen LogP contribution in [0.2, 0.25) is 0 Å². The number of alkyl halides is 3. The van der Waals surface area contributed by atoms with Gasteiger partial charge in [0.25, 0.3) is 0 Å². The highest BCUT2D eigenvalue weighted by Crippen LogP contribution is 2.29. The first kappa shape index (κ1) is 21.3. The SMILES string of the molecule is CN1CCN(CC(NC(=O)Cc2ccc(C(F)(F)F)cc2)c2ccccc2)CC1. The number of benzene rings is 2. The zero-order valence-corrected chi connectivity index (χ0v) is 16.5. The predicted molar refractivity (Wildman–Crippen MR) is 106 cm³/mol. The van der Waals surface area contributed by atoms with Gasteiger partial charge in [0.15, 0.2) is 0 Å². The summed E-state index contributed by atoms with van der Waals surface area (Å²) in [4.78, 5) is 17.2. The number of hydrogen-bond acceptors (Lipinski definition) is 3. The van der Waals surface area contributed by atoms with E-state index in [2.05, 4.69) is 22.2 Å². The van der Waals surface area contributed by atoms with E-state index >= 15 is 0 Å². The average Bonchev–Trinajstić information content (AvgIpc) is 2.69. The molecule has 1 aliphatic heterocycles. The summed E-state index contributed by atoms with van der Waals surface area (Å²) in [6.45, 7) is 4.56. The van der Waals surface area contributed by atoms with Crippen LogP contribution in [0, 0.1) is 0 Å². The van der Waals surface area contributed by atoms with Gasteiger partial charge in [0.1, 0.15) is 0 Å². The van der Waals surface area contributed by atoms with E-state index in [-0.39, 0.29) is 18.4 Å². The number of rotatable bonds is 6. The summed E-state index contributed by atoms with van der Waals surface area (Å²) in [5.74, 6) is -0.201. The summed E-state index contributed by atoms with van der Waals surface area (Å²) in [5.41, 5.74) is 0.869. The Bertz CT molecular complexity index is 785. The molecule has 0 aromatic heterocycles. The third-order valence-electron chi connectivity index (χ3n) is 5.22. The summed E-state index contributed by atoms with van der Waals surface area (Å²) in [5, 5.41) is 3.07. The van der Waals surface area contributed by atoms with E-state index in [0.717, 1.165) is 43.9 Å². The molecule has 156 valence electrons. The van der Waals surface area contributed by atoms with Crippen molar-refractivity contribution in [3.63, 3.8) is 0 Å². The van der Waals surface area contributed by atoms with Gasteiger partial charge >= 0.3 is 6.18 Å². The Hall–Kier alpha value is -2.38. The number of carbonyl (C=O) groups is 1. The van der Waals surface area contributed by atoms with Crippen LogP contribution >= 0.6 is 0 Å². The number of piperazine rings is 1. The molecule has 1 heterocycles. The lowest BCUT2D eigenvalue weighted by Crippen LogP contribution is -2.48. The molecule has 0 spiro atoms. The topological polar surface area (TPSA) is 35.6 Å². The largest absolute Gasteiger partial charge is 0.416 e. The Kier molecular flexibility index (Phi) is 6.92. The number of hydrogen-bond donors (Lipinski definition) is 1. The van der Waals surface area contributed by atoms with Crippen LogP contribution in [0.1, 0.15) is 22.7 Å². The summed E-state index contributed by atoms with van der Waals surface area (Å²) < 4.78 is 38.1. The molecule has 2 aromatic rings. The Morgan fingerprint density at radius 3 is 2.21 bits per heavy atom. The summed E-state index contributed by atoms with van der Waals surface area (Å²) >= 11 is 0. The van der Waals surface area contributed by atoms with Crippen LogP contribution < -0.4 is 5.32 Å². The van der Waals surface area contributed by atoms with Crippen molar-refractivity contribution in [2.45, 2.75) is 18.6 Å². The summed E-state index contributed by atoms with van der Waals surface area (Å²) in [7, 11) is 2.10. The normalized spacial score (nSPS) is 17.1. The van der Waals surface area contributed by atoms with Crippen LogP contribution in [0.5, 0.6) is 0 Å². The Morgan fingerprint density at radius 1 is 1.00 bits per heavy atom. The maximum atomic E-state index is 12.7. The van der Waals surface area contributed by atoms with Crippen molar-refractivity contribution in [3.8, 4) is 0 Å². The molecule has 1 saturated heterocycles. The number of halogens is 3. The van der Waals surface area contributed by atoms with Crippen molar-refractivity contribution in [1.82, 2.24) is 15.1 Å². The van der Waals surface area contributed by atoms with Gasteiger partial charge in [-0.3, -0.25) is 9.69 Å². The molecule has 1 atom stereocenters. The van der Waals surface area contributed by atoms with Gasteiger partial charge in [-0.25, -0.2) is 0 Å². The molecule has 4 nitrogen and oxygen atoms in total. The Labute approximate surface area is 169 Å². The second-order valence-electron chi connectivity index (χ2n) is 7.51. The fraction of sp³-hybridized carbons (Fsp3) is 0.409. The van der Waals surface area contributed by atoms with Crippen molar-refractivity contribution in [2.75, 3.05) is 39.8 Å². The number of likely N-dealkylation sites (N-methyl/N-ethyl adjacent to an activating group) is 1. The second-order valence-corrected chi connectivity index (χ2v) is 7.51. The number of carbonyl (C=O) groups excluding carboxylic acids is 1. The number of nitrogens with one attached hydrogen (secondary N) is 1. The molecule has 0 bridgehead atoms. The molecule has 1 aliphatic rings. The molecule has 2 aromatic carbocycles. The van der Waals surface area contributed by atoms with Gasteiger partial charge < -0.3 is 10.2 Å². The monoisotopic (exact) mass is 405 g/mol. The second kappa shape index (κ2) is 9.41. The Morgan fingerprint density at radius 2 is 1.62 bits per heavy atom. The summed E-state index contributed by atoms with van der Waals surface area (Å²) in [6.07, 6.45) is -4.33. The molecule has 0 aliphatic carbocycles. The first-order chi connectivity index (χ1) is 13.8. The van der Waals surface area contributed by atoms with E-state index in [1.54, 1.807) is 0 Å². The maximum Gasteiger partial charge on any atom is 0.416 e. The highest BCUT2D eigenvalue weighted by molar-refractivity contribution is 5.79. The summed E-state index contributed by atoms with van der Waals surface area (Å²) in [6, 6.07) is 14.4. The van der Waals surface area contributed by atoms with Crippen LogP contribution in [0.3, 0.4) is 0 Å². The molecule has 0 radical (unpaired) electrons. The standard InChI is InChI=1S/C22H26F3N3O/c1-27-11-13-28(14-12-27)16-20(18-5-3-2-4-6-18)26-21(29)15-17-7-9-19(10-8-17)22(23,24)25/h2-10,20H,11-16H2,1H3,(H,26,29). The molecule has 3 rings (SSSR count). The third-order valence-corrected chi connectivity index (χ3v) is 5.22. The molecule has 1 amide bonds.